The number of carbonyl (C=O) groups is 1. The average Bonchev–Trinajstić information content (AvgIpc) is 1.90. The molecule has 1 atom stereocenters. The lowest BCUT2D eigenvalue weighted by Gasteiger charge is -2.13. The fraction of sp³-hybridized carbons (Fsp3) is 0.833. The second-order valence-electron chi connectivity index (χ2n) is 1.99. The average molecular weight is 146 g/mol. The topological polar surface area (TPSA) is 50.4 Å². The molecule has 0 saturated carbocycles. The molecule has 0 aromatic rings. The second kappa shape index (κ2) is 6.51. The van der Waals surface area contributed by atoms with Crippen molar-refractivity contribution in [3.8, 4) is 0 Å². The minimum Gasteiger partial charge on any atom is -0.383 e. The maximum absolute atomic E-state index is 9.97. The van der Waals surface area contributed by atoms with E-state index >= 15 is 0 Å². The predicted octanol–water partition coefficient (Wildman–Crippen LogP) is -1.03. The van der Waals surface area contributed by atoms with Crippen LogP contribution in [-0.2, 0) is 9.53 Å². The first-order valence-corrected chi connectivity index (χ1v) is 3.18. The number of amides is 1. The van der Waals surface area contributed by atoms with Crippen LogP contribution in [0, 0.1) is 0 Å². The van der Waals surface area contributed by atoms with Crippen molar-refractivity contribution >= 4 is 6.41 Å². The molecule has 0 radical (unpaired) electrons. The first kappa shape index (κ1) is 9.39. The summed E-state index contributed by atoms with van der Waals surface area (Å²) in [4.78, 5) is 9.97. The van der Waals surface area contributed by atoms with Gasteiger partial charge in [-0.25, -0.2) is 0 Å². The van der Waals surface area contributed by atoms with Gasteiger partial charge in [-0.05, 0) is 7.05 Å². The van der Waals surface area contributed by atoms with Crippen LogP contribution in [0.3, 0.4) is 0 Å². The summed E-state index contributed by atoms with van der Waals surface area (Å²) in [5, 5.41) is 5.55. The number of nitrogens with one attached hydrogen (secondary N) is 2. The van der Waals surface area contributed by atoms with Gasteiger partial charge in [-0.15, -0.1) is 0 Å². The molecule has 4 heteroatoms. The van der Waals surface area contributed by atoms with E-state index < -0.39 is 0 Å². The van der Waals surface area contributed by atoms with Crippen molar-refractivity contribution in [3.05, 3.63) is 0 Å². The normalized spacial score (nSPS) is 12.6. The van der Waals surface area contributed by atoms with Crippen molar-refractivity contribution in [1.29, 1.82) is 0 Å². The zero-order chi connectivity index (χ0) is 7.82. The lowest BCUT2D eigenvalue weighted by atomic mass is 10.3. The molecule has 0 saturated heterocycles. The molecule has 60 valence electrons. The van der Waals surface area contributed by atoms with E-state index in [9.17, 15) is 4.79 Å². The molecule has 0 rings (SSSR count). The summed E-state index contributed by atoms with van der Waals surface area (Å²) in [6.07, 6.45) is 0.682. The van der Waals surface area contributed by atoms with Gasteiger partial charge in [-0.1, -0.05) is 0 Å². The number of methoxy groups -OCH3 is 1. The second-order valence-corrected chi connectivity index (χ2v) is 1.99. The van der Waals surface area contributed by atoms with Crippen LogP contribution in [0.4, 0.5) is 0 Å². The monoisotopic (exact) mass is 146 g/mol. The maximum Gasteiger partial charge on any atom is 0.207 e. The number of hydrogen-bond acceptors (Lipinski definition) is 3. The highest BCUT2D eigenvalue weighted by Gasteiger charge is 2.03. The van der Waals surface area contributed by atoms with Crippen LogP contribution >= 0.6 is 0 Å². The number of carbonyl (C=O) groups excluding carboxylic acids is 1. The van der Waals surface area contributed by atoms with Crippen molar-refractivity contribution in [3.63, 3.8) is 0 Å². The summed E-state index contributed by atoms with van der Waals surface area (Å²) in [7, 11) is 3.43. The largest absolute Gasteiger partial charge is 0.383 e. The van der Waals surface area contributed by atoms with Crippen LogP contribution in [0.15, 0.2) is 0 Å². The molecule has 0 spiro atoms. The van der Waals surface area contributed by atoms with Crippen molar-refractivity contribution in [1.82, 2.24) is 10.6 Å². The lowest BCUT2D eigenvalue weighted by Crippen LogP contribution is -2.39. The Bertz CT molecular complexity index is 81.8. The molecule has 0 aromatic heterocycles. The molecule has 0 heterocycles. The number of hydrogen-bond donors (Lipinski definition) is 2. The summed E-state index contributed by atoms with van der Waals surface area (Å²) < 4.78 is 4.85. The van der Waals surface area contributed by atoms with Gasteiger partial charge < -0.3 is 15.4 Å². The van der Waals surface area contributed by atoms with E-state index in [0.29, 0.717) is 13.0 Å². The van der Waals surface area contributed by atoms with Crippen LogP contribution in [0.2, 0.25) is 0 Å². The molecule has 2 N–H and O–H groups in total. The fourth-order valence-corrected chi connectivity index (χ4v) is 0.710. The smallest absolute Gasteiger partial charge is 0.207 e. The SMILES string of the molecule is CNCC(COC)NC=O. The zero-order valence-corrected chi connectivity index (χ0v) is 6.39. The highest BCUT2D eigenvalue weighted by Crippen LogP contribution is 1.79. The first-order valence-electron chi connectivity index (χ1n) is 3.18. The summed E-state index contributed by atoms with van der Waals surface area (Å²) in [6.45, 7) is 1.27. The minimum absolute atomic E-state index is 0.0764. The van der Waals surface area contributed by atoms with E-state index in [-0.39, 0.29) is 6.04 Å². The molecule has 0 aliphatic heterocycles. The minimum atomic E-state index is 0.0764. The van der Waals surface area contributed by atoms with Gasteiger partial charge in [0.05, 0.1) is 12.6 Å². The lowest BCUT2D eigenvalue weighted by molar-refractivity contribution is -0.110. The Kier molecular flexibility index (Phi) is 6.11. The Labute approximate surface area is 60.9 Å². The fourth-order valence-electron chi connectivity index (χ4n) is 0.710. The summed E-state index contributed by atoms with van der Waals surface area (Å²) in [6, 6.07) is 0.0764. The summed E-state index contributed by atoms with van der Waals surface area (Å²) >= 11 is 0. The third kappa shape index (κ3) is 4.29. The third-order valence-electron chi connectivity index (χ3n) is 1.12. The first-order chi connectivity index (χ1) is 4.85. The quantitative estimate of drug-likeness (QED) is 0.471. The third-order valence-corrected chi connectivity index (χ3v) is 1.12. The number of likely N-dealkylation sites (N-methyl/N-ethyl adjacent to an activating group) is 1. The van der Waals surface area contributed by atoms with Gasteiger partial charge >= 0.3 is 0 Å². The van der Waals surface area contributed by atoms with Gasteiger partial charge in [0.15, 0.2) is 0 Å². The molecule has 0 aromatic carbocycles. The highest BCUT2D eigenvalue weighted by atomic mass is 16.5. The van der Waals surface area contributed by atoms with Crippen LogP contribution < -0.4 is 10.6 Å². The molecule has 0 aliphatic rings. The van der Waals surface area contributed by atoms with E-state index in [1.165, 1.54) is 0 Å². The van der Waals surface area contributed by atoms with Crippen molar-refractivity contribution in [2.24, 2.45) is 0 Å². The number of ether oxygens (including phenoxy) is 1. The Hall–Kier alpha value is -0.610. The van der Waals surface area contributed by atoms with Gasteiger partial charge in [0.2, 0.25) is 6.41 Å². The molecule has 0 fully saturated rings. The maximum atomic E-state index is 9.97. The Morgan fingerprint density at radius 1 is 1.70 bits per heavy atom. The van der Waals surface area contributed by atoms with Gasteiger partial charge in [0.1, 0.15) is 0 Å². The molecule has 4 nitrogen and oxygen atoms in total. The number of rotatable bonds is 6. The van der Waals surface area contributed by atoms with E-state index in [0.717, 1.165) is 6.54 Å². The van der Waals surface area contributed by atoms with Crippen LogP contribution in [0.1, 0.15) is 0 Å². The predicted molar refractivity (Wildman–Crippen MR) is 38.8 cm³/mol. The van der Waals surface area contributed by atoms with Crippen molar-refractivity contribution < 1.29 is 9.53 Å². The zero-order valence-electron chi connectivity index (χ0n) is 6.39. The molecular weight excluding hydrogens is 132 g/mol. The van der Waals surface area contributed by atoms with Gasteiger partial charge in [-0.2, -0.15) is 0 Å². The van der Waals surface area contributed by atoms with Crippen LogP contribution in [0.5, 0.6) is 0 Å². The standard InChI is InChI=1S/C6H14N2O2/c1-7-3-6(4-10-2)8-5-9/h5-7H,3-4H2,1-2H3,(H,8,9). The van der Waals surface area contributed by atoms with Crippen molar-refractivity contribution in [2.45, 2.75) is 6.04 Å². The molecule has 10 heavy (non-hydrogen) atoms. The molecule has 0 bridgehead atoms. The van der Waals surface area contributed by atoms with E-state index in [1.807, 2.05) is 7.05 Å². The van der Waals surface area contributed by atoms with Crippen LogP contribution in [-0.4, -0.2) is 39.8 Å². The van der Waals surface area contributed by atoms with E-state index in [1.54, 1.807) is 7.11 Å². The molecular formula is C6H14N2O2. The Balaban J connectivity index is 3.38. The van der Waals surface area contributed by atoms with Gasteiger partial charge in [0, 0.05) is 13.7 Å². The Morgan fingerprint density at radius 3 is 2.80 bits per heavy atom. The van der Waals surface area contributed by atoms with Crippen molar-refractivity contribution in [2.75, 3.05) is 27.3 Å². The Morgan fingerprint density at radius 2 is 2.40 bits per heavy atom. The summed E-state index contributed by atoms with van der Waals surface area (Å²) in [5.74, 6) is 0. The molecule has 0 aliphatic carbocycles. The molecule has 1 unspecified atom stereocenters. The van der Waals surface area contributed by atoms with E-state index in [2.05, 4.69) is 10.6 Å². The summed E-state index contributed by atoms with van der Waals surface area (Å²) in [5.41, 5.74) is 0. The highest BCUT2D eigenvalue weighted by molar-refractivity contribution is 5.46. The molecule has 1 amide bonds. The van der Waals surface area contributed by atoms with Gasteiger partial charge in [0.25, 0.3) is 0 Å². The van der Waals surface area contributed by atoms with Crippen LogP contribution in [0.25, 0.3) is 0 Å². The van der Waals surface area contributed by atoms with E-state index in [4.69, 9.17) is 4.74 Å². The van der Waals surface area contributed by atoms with Gasteiger partial charge in [-0.3, -0.25) is 4.79 Å².